The molecule has 0 unspecified atom stereocenters. The van der Waals surface area contributed by atoms with E-state index in [0.717, 1.165) is 24.4 Å². The SMILES string of the molecule is CCNC(=NCCNC(=O)c1cccnc1)Nc1cccc(OCCCOC)c1.I. The first-order valence-electron chi connectivity index (χ1n) is 9.68. The van der Waals surface area contributed by atoms with Crippen LogP contribution in [0.4, 0.5) is 5.69 Å². The Morgan fingerprint density at radius 2 is 2.03 bits per heavy atom. The Morgan fingerprint density at radius 1 is 1.17 bits per heavy atom. The molecule has 9 heteroatoms. The normalized spacial score (nSPS) is 10.7. The molecule has 0 saturated carbocycles. The van der Waals surface area contributed by atoms with Gasteiger partial charge >= 0.3 is 0 Å². The number of pyridine rings is 1. The van der Waals surface area contributed by atoms with Gasteiger partial charge in [0, 0.05) is 57.4 Å². The van der Waals surface area contributed by atoms with Crippen molar-refractivity contribution in [2.75, 3.05) is 45.3 Å². The maximum Gasteiger partial charge on any atom is 0.252 e. The van der Waals surface area contributed by atoms with Crippen molar-refractivity contribution in [3.05, 3.63) is 54.4 Å². The molecule has 0 bridgehead atoms. The van der Waals surface area contributed by atoms with Crippen LogP contribution in [0.3, 0.4) is 0 Å². The van der Waals surface area contributed by atoms with Crippen molar-refractivity contribution in [2.24, 2.45) is 4.99 Å². The van der Waals surface area contributed by atoms with E-state index in [-0.39, 0.29) is 29.9 Å². The number of amides is 1. The van der Waals surface area contributed by atoms with Crippen molar-refractivity contribution < 1.29 is 14.3 Å². The van der Waals surface area contributed by atoms with Gasteiger partial charge < -0.3 is 25.4 Å². The van der Waals surface area contributed by atoms with Crippen LogP contribution in [0.1, 0.15) is 23.7 Å². The van der Waals surface area contributed by atoms with Gasteiger partial charge in [-0.3, -0.25) is 14.8 Å². The molecule has 1 aromatic heterocycles. The lowest BCUT2D eigenvalue weighted by Gasteiger charge is -2.13. The predicted octanol–water partition coefficient (Wildman–Crippen LogP) is 2.92. The summed E-state index contributed by atoms with van der Waals surface area (Å²) in [6.07, 6.45) is 4.01. The summed E-state index contributed by atoms with van der Waals surface area (Å²) in [6, 6.07) is 11.2. The van der Waals surface area contributed by atoms with E-state index in [1.165, 1.54) is 6.20 Å². The summed E-state index contributed by atoms with van der Waals surface area (Å²) >= 11 is 0. The highest BCUT2D eigenvalue weighted by atomic mass is 127. The van der Waals surface area contributed by atoms with Crippen molar-refractivity contribution >= 4 is 41.5 Å². The summed E-state index contributed by atoms with van der Waals surface area (Å²) in [5.41, 5.74) is 1.40. The van der Waals surface area contributed by atoms with E-state index in [9.17, 15) is 4.79 Å². The van der Waals surface area contributed by atoms with Crippen molar-refractivity contribution in [1.82, 2.24) is 15.6 Å². The minimum atomic E-state index is -0.162. The number of aliphatic imine (C=N–C) groups is 1. The average molecular weight is 527 g/mol. The molecule has 0 fully saturated rings. The Hall–Kier alpha value is -2.40. The molecule has 0 atom stereocenters. The van der Waals surface area contributed by atoms with Crippen LogP contribution in [0.5, 0.6) is 5.75 Å². The number of ether oxygens (including phenoxy) is 2. The Labute approximate surface area is 194 Å². The maximum atomic E-state index is 12.0. The topological polar surface area (TPSA) is 96.9 Å². The Balaban J connectivity index is 0.00000450. The fourth-order valence-corrected chi connectivity index (χ4v) is 2.44. The zero-order valence-electron chi connectivity index (χ0n) is 17.4. The molecule has 2 rings (SSSR count). The number of benzene rings is 1. The molecule has 0 spiro atoms. The number of hydrogen-bond donors (Lipinski definition) is 3. The molecule has 1 amide bonds. The van der Waals surface area contributed by atoms with E-state index < -0.39 is 0 Å². The Bertz CT molecular complexity index is 774. The van der Waals surface area contributed by atoms with Gasteiger partial charge in [-0.2, -0.15) is 0 Å². The molecule has 0 aliphatic rings. The number of carbonyl (C=O) groups excluding carboxylic acids is 1. The van der Waals surface area contributed by atoms with Gasteiger partial charge in [0.1, 0.15) is 5.75 Å². The highest BCUT2D eigenvalue weighted by Gasteiger charge is 2.04. The third kappa shape index (κ3) is 9.88. The number of hydrogen-bond acceptors (Lipinski definition) is 5. The average Bonchev–Trinajstić information content (AvgIpc) is 2.75. The minimum Gasteiger partial charge on any atom is -0.493 e. The molecule has 0 aliphatic carbocycles. The Kier molecular flexibility index (Phi) is 13.2. The second kappa shape index (κ2) is 15.4. The van der Waals surface area contributed by atoms with Crippen molar-refractivity contribution in [3.8, 4) is 5.75 Å². The summed E-state index contributed by atoms with van der Waals surface area (Å²) in [5.74, 6) is 1.26. The zero-order chi connectivity index (χ0) is 20.7. The van der Waals surface area contributed by atoms with E-state index in [1.54, 1.807) is 25.4 Å². The first-order valence-corrected chi connectivity index (χ1v) is 9.68. The largest absolute Gasteiger partial charge is 0.493 e. The number of nitrogens with one attached hydrogen (secondary N) is 3. The number of anilines is 1. The molecule has 3 N–H and O–H groups in total. The van der Waals surface area contributed by atoms with Gasteiger partial charge in [0.05, 0.1) is 18.7 Å². The van der Waals surface area contributed by atoms with Gasteiger partial charge in [-0.15, -0.1) is 24.0 Å². The maximum absolute atomic E-state index is 12.0. The number of nitrogens with zero attached hydrogens (tertiary/aromatic N) is 2. The molecular weight excluding hydrogens is 497 g/mol. The van der Waals surface area contributed by atoms with E-state index in [4.69, 9.17) is 9.47 Å². The van der Waals surface area contributed by atoms with Crippen molar-refractivity contribution in [1.29, 1.82) is 0 Å². The molecule has 1 heterocycles. The minimum absolute atomic E-state index is 0. The quantitative estimate of drug-likeness (QED) is 0.180. The van der Waals surface area contributed by atoms with E-state index in [2.05, 4.69) is 25.9 Å². The zero-order valence-corrected chi connectivity index (χ0v) is 19.7. The van der Waals surface area contributed by atoms with Gasteiger partial charge in [-0.25, -0.2) is 0 Å². The first-order chi connectivity index (χ1) is 14.2. The molecule has 30 heavy (non-hydrogen) atoms. The van der Waals surface area contributed by atoms with Gasteiger partial charge in [-0.05, 0) is 31.2 Å². The first kappa shape index (κ1) is 25.6. The number of aromatic nitrogens is 1. The summed E-state index contributed by atoms with van der Waals surface area (Å²) in [4.78, 5) is 20.5. The molecule has 0 radical (unpaired) electrons. The number of carbonyl (C=O) groups is 1. The lowest BCUT2D eigenvalue weighted by atomic mass is 10.3. The molecule has 0 aliphatic heterocycles. The highest BCUT2D eigenvalue weighted by Crippen LogP contribution is 2.17. The monoisotopic (exact) mass is 527 g/mol. The van der Waals surface area contributed by atoms with Crippen LogP contribution >= 0.6 is 24.0 Å². The molecular formula is C21H30IN5O3. The fourth-order valence-electron chi connectivity index (χ4n) is 2.44. The van der Waals surface area contributed by atoms with Gasteiger partial charge in [0.25, 0.3) is 5.91 Å². The third-order valence-electron chi connectivity index (χ3n) is 3.79. The van der Waals surface area contributed by atoms with Crippen LogP contribution in [0, 0.1) is 0 Å². The van der Waals surface area contributed by atoms with Gasteiger partial charge in [-0.1, -0.05) is 6.07 Å². The van der Waals surface area contributed by atoms with Gasteiger partial charge in [0.2, 0.25) is 0 Å². The molecule has 1 aromatic carbocycles. The van der Waals surface area contributed by atoms with Crippen LogP contribution in [0.25, 0.3) is 0 Å². The predicted molar refractivity (Wildman–Crippen MR) is 130 cm³/mol. The Morgan fingerprint density at radius 3 is 2.77 bits per heavy atom. The van der Waals surface area contributed by atoms with Crippen LogP contribution < -0.4 is 20.7 Å². The van der Waals surface area contributed by atoms with Crippen molar-refractivity contribution in [3.63, 3.8) is 0 Å². The van der Waals surface area contributed by atoms with Crippen molar-refractivity contribution in [2.45, 2.75) is 13.3 Å². The molecule has 164 valence electrons. The van der Waals surface area contributed by atoms with Crippen LogP contribution in [0.15, 0.2) is 53.8 Å². The smallest absolute Gasteiger partial charge is 0.252 e. The van der Waals surface area contributed by atoms with E-state index in [1.807, 2.05) is 31.2 Å². The highest BCUT2D eigenvalue weighted by molar-refractivity contribution is 14.0. The van der Waals surface area contributed by atoms with Gasteiger partial charge in [0.15, 0.2) is 5.96 Å². The standard InChI is InChI=1S/C21H29N5O3.HI/c1-3-23-21(25-12-11-24-20(27)17-7-5-10-22-16-17)26-18-8-4-9-19(15-18)29-14-6-13-28-2;/h4-5,7-10,15-16H,3,6,11-14H2,1-2H3,(H,24,27)(H2,23,25,26);1H. The number of guanidine groups is 1. The van der Waals surface area contributed by atoms with E-state index in [0.29, 0.717) is 37.8 Å². The second-order valence-electron chi connectivity index (χ2n) is 6.11. The lowest BCUT2D eigenvalue weighted by molar-refractivity contribution is 0.0954. The van der Waals surface area contributed by atoms with Crippen LogP contribution in [0.2, 0.25) is 0 Å². The summed E-state index contributed by atoms with van der Waals surface area (Å²) in [7, 11) is 1.68. The third-order valence-corrected chi connectivity index (χ3v) is 3.79. The summed E-state index contributed by atoms with van der Waals surface area (Å²) in [5, 5.41) is 9.27. The number of methoxy groups -OCH3 is 1. The van der Waals surface area contributed by atoms with Crippen LogP contribution in [-0.2, 0) is 4.74 Å². The lowest BCUT2D eigenvalue weighted by Crippen LogP contribution is -2.32. The fraction of sp³-hybridized carbons (Fsp3) is 0.381. The number of halogens is 1. The second-order valence-corrected chi connectivity index (χ2v) is 6.11. The summed E-state index contributed by atoms with van der Waals surface area (Å²) in [6.45, 7) is 4.86. The summed E-state index contributed by atoms with van der Waals surface area (Å²) < 4.78 is 10.7. The van der Waals surface area contributed by atoms with Crippen LogP contribution in [-0.4, -0.2) is 56.8 Å². The molecule has 8 nitrogen and oxygen atoms in total. The number of rotatable bonds is 11. The molecule has 0 saturated heterocycles. The van der Waals surface area contributed by atoms with E-state index >= 15 is 0 Å². The molecule has 2 aromatic rings.